The van der Waals surface area contributed by atoms with E-state index < -0.39 is 5.97 Å². The van der Waals surface area contributed by atoms with Crippen LogP contribution in [0.2, 0.25) is 0 Å². The maximum Gasteiger partial charge on any atom is 0.341 e. The second kappa shape index (κ2) is 10.3. The average Bonchev–Trinajstić information content (AvgIpc) is 3.03. The molecule has 1 amide bonds. The summed E-state index contributed by atoms with van der Waals surface area (Å²) in [4.78, 5) is 28.6. The molecule has 1 aromatic heterocycles. The first-order valence-electron chi connectivity index (χ1n) is 9.72. The monoisotopic (exact) mass is 419 g/mol. The number of rotatable bonds is 9. The van der Waals surface area contributed by atoms with Gasteiger partial charge in [-0.2, -0.15) is 0 Å². The third-order valence-electron chi connectivity index (χ3n) is 4.78. The summed E-state index contributed by atoms with van der Waals surface area (Å²) in [6, 6.07) is 8.40. The second-order valence-electron chi connectivity index (χ2n) is 6.97. The van der Waals surface area contributed by atoms with Crippen molar-refractivity contribution in [3.8, 4) is 0 Å². The van der Waals surface area contributed by atoms with E-state index in [1.54, 1.807) is 14.0 Å². The molecular weight excluding hydrogens is 388 g/mol. The number of amides is 1. The van der Waals surface area contributed by atoms with E-state index in [2.05, 4.69) is 41.4 Å². The molecule has 1 atom stereocenters. The number of nitrogens with two attached hydrogens (primary N) is 1. The Morgan fingerprint density at radius 1 is 1.17 bits per heavy atom. The summed E-state index contributed by atoms with van der Waals surface area (Å²) < 4.78 is 5.19. The minimum Gasteiger partial charge on any atom is -0.462 e. The summed E-state index contributed by atoms with van der Waals surface area (Å²) in [7, 11) is 5.59. The van der Waals surface area contributed by atoms with E-state index in [0.29, 0.717) is 27.5 Å². The first-order chi connectivity index (χ1) is 13.8. The number of nitrogens with zero attached hydrogens (tertiary/aromatic N) is 1. The Hall–Kier alpha value is -2.58. The van der Waals surface area contributed by atoms with Gasteiger partial charge in [-0.25, -0.2) is 4.79 Å². The number of thiophene rings is 1. The molecule has 0 radical (unpaired) electrons. The summed E-state index contributed by atoms with van der Waals surface area (Å²) in [5.74, 6) is -0.713. The lowest BCUT2D eigenvalue weighted by atomic mass is 10.1. The molecular formula is C21H31N4O3S+. The maximum atomic E-state index is 12.5. The minimum atomic E-state index is -0.475. The van der Waals surface area contributed by atoms with Gasteiger partial charge in [-0.05, 0) is 26.0 Å². The normalized spacial score (nSPS) is 11.8. The molecule has 0 fully saturated rings. The highest BCUT2D eigenvalue weighted by Gasteiger charge is 2.29. The minimum absolute atomic E-state index is 0.238. The van der Waals surface area contributed by atoms with Crippen LogP contribution in [0, 0.1) is 0 Å². The summed E-state index contributed by atoms with van der Waals surface area (Å²) >= 11 is 1.14. The number of esters is 1. The Kier molecular flexibility index (Phi) is 8.04. The van der Waals surface area contributed by atoms with Crippen LogP contribution >= 0.6 is 11.3 Å². The van der Waals surface area contributed by atoms with Gasteiger partial charge in [-0.1, -0.05) is 12.1 Å². The molecule has 0 aliphatic rings. The molecule has 0 spiro atoms. The summed E-state index contributed by atoms with van der Waals surface area (Å²) in [6.07, 6.45) is 0. The summed E-state index contributed by atoms with van der Waals surface area (Å²) in [5, 5.41) is 2.96. The van der Waals surface area contributed by atoms with Crippen molar-refractivity contribution in [2.24, 2.45) is 0 Å². The zero-order valence-electron chi connectivity index (χ0n) is 17.8. The fourth-order valence-corrected chi connectivity index (χ4v) is 4.16. The number of nitrogens with one attached hydrogen (secondary N) is 2. The largest absolute Gasteiger partial charge is 0.462 e. The first-order valence-corrected chi connectivity index (χ1v) is 10.5. The predicted octanol–water partition coefficient (Wildman–Crippen LogP) is 1.54. The molecule has 0 saturated carbocycles. The fraction of sp³-hybridized carbons (Fsp3) is 0.429. The molecule has 2 rings (SSSR count). The fourth-order valence-electron chi connectivity index (χ4n) is 3.14. The van der Waals surface area contributed by atoms with Gasteiger partial charge >= 0.3 is 5.97 Å². The smallest absolute Gasteiger partial charge is 0.341 e. The highest BCUT2D eigenvalue weighted by Crippen LogP contribution is 2.31. The Morgan fingerprint density at radius 2 is 1.83 bits per heavy atom. The van der Waals surface area contributed by atoms with Crippen molar-refractivity contribution < 1.29 is 19.2 Å². The molecule has 4 N–H and O–H groups in total. The van der Waals surface area contributed by atoms with Crippen LogP contribution in [0.15, 0.2) is 24.3 Å². The lowest BCUT2D eigenvalue weighted by Crippen LogP contribution is -3.09. The van der Waals surface area contributed by atoms with Crippen LogP contribution in [0.25, 0.3) is 0 Å². The Labute approximate surface area is 176 Å². The third-order valence-corrected chi connectivity index (χ3v) is 5.84. The van der Waals surface area contributed by atoms with E-state index in [-0.39, 0.29) is 12.5 Å². The van der Waals surface area contributed by atoms with E-state index in [9.17, 15) is 9.59 Å². The van der Waals surface area contributed by atoms with Crippen molar-refractivity contribution in [3.63, 3.8) is 0 Å². The van der Waals surface area contributed by atoms with E-state index in [0.717, 1.165) is 30.1 Å². The lowest BCUT2D eigenvalue weighted by Gasteiger charge is -2.19. The van der Waals surface area contributed by atoms with Crippen LogP contribution in [-0.4, -0.2) is 46.2 Å². The van der Waals surface area contributed by atoms with Crippen molar-refractivity contribution in [1.29, 1.82) is 0 Å². The van der Waals surface area contributed by atoms with Gasteiger partial charge in [-0.15, -0.1) is 11.3 Å². The van der Waals surface area contributed by atoms with Crippen molar-refractivity contribution in [1.82, 2.24) is 5.32 Å². The van der Waals surface area contributed by atoms with Crippen molar-refractivity contribution in [2.45, 2.75) is 26.9 Å². The van der Waals surface area contributed by atoms with Crippen LogP contribution in [0.5, 0.6) is 0 Å². The maximum absolute atomic E-state index is 12.5. The van der Waals surface area contributed by atoms with Crippen molar-refractivity contribution >= 4 is 33.9 Å². The number of carbonyl (C=O) groups is 2. The number of hydrogen-bond acceptors (Lipinski definition) is 6. The highest BCUT2D eigenvalue weighted by atomic mass is 32.1. The van der Waals surface area contributed by atoms with Gasteiger partial charge in [0.25, 0.3) is 5.91 Å². The summed E-state index contributed by atoms with van der Waals surface area (Å²) in [6.45, 7) is 6.21. The van der Waals surface area contributed by atoms with Gasteiger partial charge in [0.15, 0.2) is 0 Å². The van der Waals surface area contributed by atoms with Gasteiger partial charge in [-0.3, -0.25) is 4.79 Å². The number of carbonyl (C=O) groups excluding carboxylic acids is 2. The van der Waals surface area contributed by atoms with E-state index in [1.165, 1.54) is 10.5 Å². The van der Waals surface area contributed by atoms with Gasteiger partial charge in [0.1, 0.15) is 28.5 Å². The molecule has 0 aliphatic heterocycles. The first kappa shape index (κ1) is 22.7. The zero-order chi connectivity index (χ0) is 21.6. The Morgan fingerprint density at radius 3 is 2.34 bits per heavy atom. The highest BCUT2D eigenvalue weighted by molar-refractivity contribution is 7.18. The molecule has 0 saturated heterocycles. The third kappa shape index (κ3) is 5.48. The van der Waals surface area contributed by atoms with Crippen LogP contribution in [0.4, 0.5) is 10.7 Å². The molecule has 2 aromatic rings. The van der Waals surface area contributed by atoms with Crippen LogP contribution < -0.4 is 20.9 Å². The molecule has 158 valence electrons. The molecule has 29 heavy (non-hydrogen) atoms. The molecule has 1 aromatic carbocycles. The van der Waals surface area contributed by atoms with Crippen LogP contribution in [0.1, 0.15) is 45.0 Å². The van der Waals surface area contributed by atoms with E-state index >= 15 is 0 Å². The SMILES string of the molecule is CCOC(=O)c1c(N)sc(C(=O)NC)c1C[NH+](CC)Cc1ccc(N(C)C)cc1. The topological polar surface area (TPSA) is 89.1 Å². The molecule has 8 heteroatoms. The molecule has 7 nitrogen and oxygen atoms in total. The lowest BCUT2D eigenvalue weighted by molar-refractivity contribution is -0.925. The Bertz CT molecular complexity index is 846. The summed E-state index contributed by atoms with van der Waals surface area (Å²) in [5.41, 5.74) is 9.42. The van der Waals surface area contributed by atoms with Gasteiger partial charge in [0.2, 0.25) is 0 Å². The van der Waals surface area contributed by atoms with Gasteiger partial charge < -0.3 is 25.6 Å². The second-order valence-corrected chi connectivity index (χ2v) is 8.02. The van der Waals surface area contributed by atoms with Crippen LogP contribution in [0.3, 0.4) is 0 Å². The number of hydrogen-bond donors (Lipinski definition) is 3. The number of benzene rings is 1. The van der Waals surface area contributed by atoms with Gasteiger partial charge in [0.05, 0.1) is 13.2 Å². The molecule has 0 aliphatic carbocycles. The number of nitrogen functional groups attached to an aromatic ring is 1. The predicted molar refractivity (Wildman–Crippen MR) is 118 cm³/mol. The average molecular weight is 420 g/mol. The van der Waals surface area contributed by atoms with Gasteiger partial charge in [0, 0.05) is 38.0 Å². The van der Waals surface area contributed by atoms with E-state index in [1.807, 2.05) is 14.1 Å². The van der Waals surface area contributed by atoms with Crippen molar-refractivity contribution in [3.05, 3.63) is 45.8 Å². The Balaban J connectivity index is 2.33. The standard InChI is InChI=1S/C21H30N4O3S/c1-6-25(12-14-8-10-15(11-9-14)24(4)5)13-16-17(21(27)28-7-2)19(22)29-18(16)20(26)23-3/h8-11H,6-7,12-13,22H2,1-5H3,(H,23,26)/p+1. The quantitative estimate of drug-likeness (QED) is 0.537. The number of anilines is 2. The molecule has 0 bridgehead atoms. The van der Waals surface area contributed by atoms with E-state index in [4.69, 9.17) is 10.5 Å². The molecule has 1 unspecified atom stereocenters. The number of ether oxygens (including phenoxy) is 1. The number of quaternary nitrogens is 1. The zero-order valence-corrected chi connectivity index (χ0v) is 18.6. The van der Waals surface area contributed by atoms with Crippen molar-refractivity contribution in [2.75, 3.05) is 44.9 Å². The molecule has 1 heterocycles. The van der Waals surface area contributed by atoms with Crippen LogP contribution in [-0.2, 0) is 17.8 Å².